The van der Waals surface area contributed by atoms with Crippen LogP contribution in [-0.4, -0.2) is 69.0 Å². The second-order valence-corrected chi connectivity index (χ2v) is 8.79. The Kier molecular flexibility index (Phi) is 12.5. The van der Waals surface area contributed by atoms with Crippen LogP contribution in [0.5, 0.6) is 11.5 Å². The van der Waals surface area contributed by atoms with Crippen molar-refractivity contribution in [3.63, 3.8) is 0 Å². The number of aliphatic hydroxyl groups is 2. The average Bonchev–Trinajstić information content (AvgIpc) is 2.84. The molecule has 0 aliphatic heterocycles. The Morgan fingerprint density at radius 3 is 2.35 bits per heavy atom. The number of ether oxygens (including phenoxy) is 4. The van der Waals surface area contributed by atoms with Crippen molar-refractivity contribution in [2.75, 3.05) is 40.6 Å². The van der Waals surface area contributed by atoms with Gasteiger partial charge in [-0.1, -0.05) is 38.1 Å². The molecular formula is C28H36FO8-. The minimum Gasteiger partial charge on any atom is -0.550 e. The van der Waals surface area contributed by atoms with Gasteiger partial charge >= 0.3 is 0 Å². The fraction of sp³-hybridized carbons (Fsp3) is 0.464. The summed E-state index contributed by atoms with van der Waals surface area (Å²) in [5.74, 6) is -0.825. The lowest BCUT2D eigenvalue weighted by Crippen LogP contribution is -2.29. The molecule has 8 nitrogen and oxygen atoms in total. The predicted molar refractivity (Wildman–Crippen MR) is 136 cm³/mol. The van der Waals surface area contributed by atoms with Crippen molar-refractivity contribution >= 4 is 12.0 Å². The highest BCUT2D eigenvalue weighted by Crippen LogP contribution is 2.45. The van der Waals surface area contributed by atoms with Crippen molar-refractivity contribution < 1.29 is 43.5 Å². The molecule has 2 unspecified atom stereocenters. The molecule has 0 saturated carbocycles. The molecule has 2 aromatic rings. The Balaban J connectivity index is 2.54. The number of benzene rings is 2. The molecule has 0 aliphatic carbocycles. The van der Waals surface area contributed by atoms with Crippen LogP contribution in [0.15, 0.2) is 36.4 Å². The summed E-state index contributed by atoms with van der Waals surface area (Å²) < 4.78 is 36.0. The molecule has 0 fully saturated rings. The first-order valence-corrected chi connectivity index (χ1v) is 12.1. The second-order valence-electron chi connectivity index (χ2n) is 8.79. The molecule has 2 atom stereocenters. The lowest BCUT2D eigenvalue weighted by atomic mass is 9.88. The summed E-state index contributed by atoms with van der Waals surface area (Å²) in [7, 11) is 3.12. The lowest BCUT2D eigenvalue weighted by Gasteiger charge is -2.23. The number of carboxylic acid groups (broad SMARTS) is 1. The number of carbonyl (C=O) groups is 1. The maximum Gasteiger partial charge on any atom is 0.169 e. The van der Waals surface area contributed by atoms with Crippen molar-refractivity contribution in [1.82, 2.24) is 0 Å². The van der Waals surface area contributed by atoms with E-state index < -0.39 is 24.6 Å². The lowest BCUT2D eigenvalue weighted by molar-refractivity contribution is -0.307. The van der Waals surface area contributed by atoms with Gasteiger partial charge in [0.2, 0.25) is 0 Å². The van der Waals surface area contributed by atoms with Gasteiger partial charge in [-0.25, -0.2) is 4.39 Å². The van der Waals surface area contributed by atoms with Crippen molar-refractivity contribution in [2.24, 2.45) is 0 Å². The van der Waals surface area contributed by atoms with Gasteiger partial charge in [-0.3, -0.25) is 0 Å². The fourth-order valence-corrected chi connectivity index (χ4v) is 3.82. The zero-order chi connectivity index (χ0) is 27.4. The van der Waals surface area contributed by atoms with Crippen LogP contribution in [0.3, 0.4) is 0 Å². The molecular weight excluding hydrogens is 483 g/mol. The van der Waals surface area contributed by atoms with Gasteiger partial charge in [0.05, 0.1) is 39.1 Å². The summed E-state index contributed by atoms with van der Waals surface area (Å²) in [5.41, 5.74) is 2.91. The number of carbonyl (C=O) groups excluding carboxylic acids is 1. The minimum absolute atomic E-state index is 0.0417. The molecule has 0 bridgehead atoms. The highest BCUT2D eigenvalue weighted by Gasteiger charge is 2.22. The van der Waals surface area contributed by atoms with Crippen LogP contribution >= 0.6 is 0 Å². The third-order valence-corrected chi connectivity index (χ3v) is 5.60. The van der Waals surface area contributed by atoms with Gasteiger partial charge in [-0.05, 0) is 40.8 Å². The standard InChI is InChI=1S/C28H37FO8/c1-18(2)24-17-25(35-4)28(37-14-13-36-12-11-34-3)27(19-5-7-20(29)8-6-19)23(24)10-9-21(30)15-22(31)16-26(32)33/h5-10,17-18,21-22,30-31H,11-16H2,1-4H3,(H,32,33)/p-1/b10-9+. The van der Waals surface area contributed by atoms with Crippen LogP contribution in [0.4, 0.5) is 4.39 Å². The number of aliphatic hydroxyl groups excluding tert-OH is 2. The summed E-state index contributed by atoms with van der Waals surface area (Å²) in [4.78, 5) is 10.7. The van der Waals surface area contributed by atoms with Gasteiger partial charge in [0.25, 0.3) is 0 Å². The molecule has 0 aromatic heterocycles. The zero-order valence-electron chi connectivity index (χ0n) is 21.7. The average molecular weight is 520 g/mol. The van der Waals surface area contributed by atoms with E-state index in [0.717, 1.165) is 5.56 Å². The number of hydrogen-bond donors (Lipinski definition) is 2. The van der Waals surface area contributed by atoms with Crippen LogP contribution < -0.4 is 14.6 Å². The van der Waals surface area contributed by atoms with E-state index in [1.165, 1.54) is 25.3 Å². The first kappa shape index (κ1) is 30.2. The number of hydrogen-bond acceptors (Lipinski definition) is 8. The Bertz CT molecular complexity index is 1020. The monoisotopic (exact) mass is 519 g/mol. The quantitative estimate of drug-likeness (QED) is 0.325. The number of aliphatic carboxylic acids is 1. The molecule has 0 saturated heterocycles. The Morgan fingerprint density at radius 2 is 1.76 bits per heavy atom. The van der Waals surface area contributed by atoms with E-state index in [4.69, 9.17) is 18.9 Å². The summed E-state index contributed by atoms with van der Waals surface area (Å²) >= 11 is 0. The van der Waals surface area contributed by atoms with Crippen LogP contribution in [0, 0.1) is 5.82 Å². The van der Waals surface area contributed by atoms with E-state index in [1.807, 2.05) is 19.9 Å². The van der Waals surface area contributed by atoms with E-state index in [2.05, 4.69) is 0 Å². The van der Waals surface area contributed by atoms with Gasteiger partial charge in [0, 0.05) is 31.5 Å². The van der Waals surface area contributed by atoms with Crippen molar-refractivity contribution in [2.45, 2.75) is 44.8 Å². The minimum atomic E-state index is -1.40. The largest absolute Gasteiger partial charge is 0.550 e. The van der Waals surface area contributed by atoms with Crippen molar-refractivity contribution in [3.05, 3.63) is 53.4 Å². The van der Waals surface area contributed by atoms with Gasteiger partial charge in [0.1, 0.15) is 12.4 Å². The van der Waals surface area contributed by atoms with Crippen LogP contribution in [0.1, 0.15) is 43.7 Å². The first-order chi connectivity index (χ1) is 17.7. The molecule has 0 radical (unpaired) electrons. The number of rotatable bonds is 16. The SMILES string of the molecule is COCCOCCOc1c(OC)cc(C(C)C)c(/C=C/C(O)CC(O)CC(=O)[O-])c1-c1ccc(F)cc1. The Morgan fingerprint density at radius 1 is 1.08 bits per heavy atom. The van der Waals surface area contributed by atoms with E-state index in [1.54, 1.807) is 25.3 Å². The smallest absolute Gasteiger partial charge is 0.169 e. The summed E-state index contributed by atoms with van der Waals surface area (Å²) in [6.45, 7) is 5.42. The highest BCUT2D eigenvalue weighted by molar-refractivity contribution is 5.85. The van der Waals surface area contributed by atoms with Crippen LogP contribution in [0.2, 0.25) is 0 Å². The number of halogens is 1. The summed E-state index contributed by atoms with van der Waals surface area (Å²) in [6.07, 6.45) is 0.0689. The third-order valence-electron chi connectivity index (χ3n) is 5.60. The fourth-order valence-electron chi connectivity index (χ4n) is 3.82. The van der Waals surface area contributed by atoms with Crippen molar-refractivity contribution in [1.29, 1.82) is 0 Å². The third kappa shape index (κ3) is 9.44. The number of methoxy groups -OCH3 is 2. The van der Waals surface area contributed by atoms with Crippen LogP contribution in [0.25, 0.3) is 17.2 Å². The van der Waals surface area contributed by atoms with E-state index in [0.29, 0.717) is 48.0 Å². The van der Waals surface area contributed by atoms with Gasteiger partial charge in [-0.15, -0.1) is 0 Å². The van der Waals surface area contributed by atoms with Crippen LogP contribution in [-0.2, 0) is 14.3 Å². The van der Waals surface area contributed by atoms with E-state index >= 15 is 0 Å². The molecule has 0 heterocycles. The Hall–Kier alpha value is -2.98. The van der Waals surface area contributed by atoms with Gasteiger partial charge < -0.3 is 39.1 Å². The molecule has 204 valence electrons. The predicted octanol–water partition coefficient (Wildman–Crippen LogP) is 2.93. The molecule has 9 heteroatoms. The molecule has 2 aromatic carbocycles. The maximum absolute atomic E-state index is 13.8. The molecule has 37 heavy (non-hydrogen) atoms. The molecule has 2 N–H and O–H groups in total. The molecule has 2 rings (SSSR count). The summed E-state index contributed by atoms with van der Waals surface area (Å²) in [5, 5.41) is 31.0. The second kappa shape index (κ2) is 15.3. The number of carboxylic acids is 1. The Labute approximate surface area is 217 Å². The van der Waals surface area contributed by atoms with Gasteiger partial charge in [-0.2, -0.15) is 0 Å². The normalized spacial score (nSPS) is 13.2. The summed E-state index contributed by atoms with van der Waals surface area (Å²) in [6, 6.07) is 7.82. The molecule has 0 aliphatic rings. The highest BCUT2D eigenvalue weighted by atomic mass is 19.1. The maximum atomic E-state index is 13.8. The van der Waals surface area contributed by atoms with Gasteiger partial charge in [0.15, 0.2) is 11.5 Å². The van der Waals surface area contributed by atoms with E-state index in [9.17, 15) is 24.5 Å². The first-order valence-electron chi connectivity index (χ1n) is 12.1. The van der Waals surface area contributed by atoms with Crippen molar-refractivity contribution in [3.8, 4) is 22.6 Å². The van der Waals surface area contributed by atoms with E-state index in [-0.39, 0.29) is 24.8 Å². The molecule has 0 spiro atoms. The molecule has 0 amide bonds. The topological polar surface area (TPSA) is 118 Å². The zero-order valence-corrected chi connectivity index (χ0v) is 21.7.